The van der Waals surface area contributed by atoms with Gasteiger partial charge in [-0.1, -0.05) is 0 Å². The zero-order valence-electron chi connectivity index (χ0n) is 6.86. The number of rotatable bonds is 2. The SMILES string of the molecule is CC(C)N=Cc1ccncc1. The van der Waals surface area contributed by atoms with E-state index in [4.69, 9.17) is 0 Å². The first-order valence-electron chi connectivity index (χ1n) is 3.72. The Hall–Kier alpha value is -1.18. The van der Waals surface area contributed by atoms with Gasteiger partial charge in [0.2, 0.25) is 0 Å². The highest BCUT2D eigenvalue weighted by Gasteiger charge is 1.85. The van der Waals surface area contributed by atoms with Crippen LogP contribution in [-0.4, -0.2) is 17.2 Å². The molecule has 0 aliphatic rings. The molecule has 0 amide bonds. The summed E-state index contributed by atoms with van der Waals surface area (Å²) in [7, 11) is 0. The Labute approximate surface area is 67.0 Å². The van der Waals surface area contributed by atoms with Crippen molar-refractivity contribution in [3.8, 4) is 0 Å². The average molecular weight is 148 g/mol. The van der Waals surface area contributed by atoms with E-state index in [9.17, 15) is 0 Å². The van der Waals surface area contributed by atoms with Crippen LogP contribution < -0.4 is 0 Å². The van der Waals surface area contributed by atoms with Crippen LogP contribution in [0.1, 0.15) is 19.4 Å². The van der Waals surface area contributed by atoms with Crippen molar-refractivity contribution >= 4 is 6.21 Å². The second kappa shape index (κ2) is 3.86. The minimum absolute atomic E-state index is 0.364. The van der Waals surface area contributed by atoms with Gasteiger partial charge in [0.15, 0.2) is 0 Å². The van der Waals surface area contributed by atoms with Crippen molar-refractivity contribution in [2.24, 2.45) is 4.99 Å². The maximum absolute atomic E-state index is 4.24. The van der Waals surface area contributed by atoms with E-state index in [-0.39, 0.29) is 0 Å². The van der Waals surface area contributed by atoms with Crippen LogP contribution in [0.4, 0.5) is 0 Å². The highest BCUT2D eigenvalue weighted by molar-refractivity contribution is 5.79. The molecule has 0 aromatic carbocycles. The van der Waals surface area contributed by atoms with E-state index in [1.165, 1.54) is 0 Å². The molecule has 1 aromatic rings. The van der Waals surface area contributed by atoms with E-state index in [2.05, 4.69) is 23.8 Å². The quantitative estimate of drug-likeness (QED) is 0.588. The zero-order chi connectivity index (χ0) is 8.10. The molecule has 0 fully saturated rings. The number of aromatic nitrogens is 1. The summed E-state index contributed by atoms with van der Waals surface area (Å²) in [5, 5.41) is 0. The molecule has 0 N–H and O–H groups in total. The standard InChI is InChI=1S/C9H12N2/c1-8(2)11-7-9-3-5-10-6-4-9/h3-8H,1-2H3. The predicted molar refractivity (Wildman–Crippen MR) is 47.0 cm³/mol. The van der Waals surface area contributed by atoms with Gasteiger partial charge in [-0.05, 0) is 31.5 Å². The van der Waals surface area contributed by atoms with E-state index in [0.717, 1.165) is 5.56 Å². The molecular weight excluding hydrogens is 136 g/mol. The highest BCUT2D eigenvalue weighted by Crippen LogP contribution is 1.93. The van der Waals surface area contributed by atoms with Crippen LogP contribution in [-0.2, 0) is 0 Å². The minimum atomic E-state index is 0.364. The van der Waals surface area contributed by atoms with Crippen LogP contribution in [0.2, 0.25) is 0 Å². The van der Waals surface area contributed by atoms with Gasteiger partial charge in [0.05, 0.1) is 0 Å². The Morgan fingerprint density at radius 2 is 2.00 bits per heavy atom. The second-order valence-corrected chi connectivity index (χ2v) is 2.65. The monoisotopic (exact) mass is 148 g/mol. The van der Waals surface area contributed by atoms with Crippen LogP contribution >= 0.6 is 0 Å². The minimum Gasteiger partial charge on any atom is -0.290 e. The van der Waals surface area contributed by atoms with Gasteiger partial charge < -0.3 is 0 Å². The third kappa shape index (κ3) is 2.94. The molecule has 0 aliphatic heterocycles. The molecule has 1 rings (SSSR count). The Balaban J connectivity index is 2.65. The molecule has 0 aliphatic carbocycles. The van der Waals surface area contributed by atoms with Crippen LogP contribution in [0.25, 0.3) is 0 Å². The van der Waals surface area contributed by atoms with E-state index in [1.807, 2.05) is 18.3 Å². The number of hydrogen-bond acceptors (Lipinski definition) is 2. The van der Waals surface area contributed by atoms with Crippen molar-refractivity contribution in [1.29, 1.82) is 0 Å². The van der Waals surface area contributed by atoms with Gasteiger partial charge >= 0.3 is 0 Å². The Morgan fingerprint density at radius 3 is 2.55 bits per heavy atom. The molecule has 11 heavy (non-hydrogen) atoms. The van der Waals surface area contributed by atoms with Gasteiger partial charge in [-0.3, -0.25) is 9.98 Å². The van der Waals surface area contributed by atoms with E-state index in [0.29, 0.717) is 6.04 Å². The van der Waals surface area contributed by atoms with Crippen LogP contribution in [0.5, 0.6) is 0 Å². The summed E-state index contributed by atoms with van der Waals surface area (Å²) in [5.41, 5.74) is 1.11. The molecule has 0 atom stereocenters. The van der Waals surface area contributed by atoms with Crippen molar-refractivity contribution in [2.45, 2.75) is 19.9 Å². The summed E-state index contributed by atoms with van der Waals surface area (Å²) in [5.74, 6) is 0. The maximum atomic E-state index is 4.24. The lowest BCUT2D eigenvalue weighted by atomic mass is 10.3. The largest absolute Gasteiger partial charge is 0.290 e. The molecule has 0 spiro atoms. The molecule has 0 saturated carbocycles. The van der Waals surface area contributed by atoms with Crippen molar-refractivity contribution in [3.05, 3.63) is 30.1 Å². The third-order valence-electron chi connectivity index (χ3n) is 1.23. The van der Waals surface area contributed by atoms with Crippen LogP contribution in [0.15, 0.2) is 29.5 Å². The fraction of sp³-hybridized carbons (Fsp3) is 0.333. The van der Waals surface area contributed by atoms with Crippen molar-refractivity contribution in [2.75, 3.05) is 0 Å². The topological polar surface area (TPSA) is 25.2 Å². The van der Waals surface area contributed by atoms with Gasteiger partial charge in [-0.2, -0.15) is 0 Å². The summed E-state index contributed by atoms with van der Waals surface area (Å²) in [6.07, 6.45) is 5.40. The third-order valence-corrected chi connectivity index (χ3v) is 1.23. The van der Waals surface area contributed by atoms with Gasteiger partial charge in [0.1, 0.15) is 0 Å². The molecular formula is C9H12N2. The summed E-state index contributed by atoms with van der Waals surface area (Å²) >= 11 is 0. The molecule has 2 nitrogen and oxygen atoms in total. The first-order valence-corrected chi connectivity index (χ1v) is 3.72. The van der Waals surface area contributed by atoms with E-state index in [1.54, 1.807) is 12.4 Å². The van der Waals surface area contributed by atoms with Gasteiger partial charge in [-0.15, -0.1) is 0 Å². The van der Waals surface area contributed by atoms with E-state index < -0.39 is 0 Å². The van der Waals surface area contributed by atoms with Crippen molar-refractivity contribution < 1.29 is 0 Å². The zero-order valence-corrected chi connectivity index (χ0v) is 6.86. The lowest BCUT2D eigenvalue weighted by Crippen LogP contribution is -1.90. The molecule has 0 saturated heterocycles. The van der Waals surface area contributed by atoms with Crippen LogP contribution in [0, 0.1) is 0 Å². The fourth-order valence-corrected chi connectivity index (χ4v) is 0.685. The summed E-state index contributed by atoms with van der Waals surface area (Å²) in [6, 6.07) is 4.24. The van der Waals surface area contributed by atoms with Crippen molar-refractivity contribution in [1.82, 2.24) is 4.98 Å². The van der Waals surface area contributed by atoms with Crippen molar-refractivity contribution in [3.63, 3.8) is 0 Å². The lowest BCUT2D eigenvalue weighted by molar-refractivity contribution is 0.841. The molecule has 0 bridgehead atoms. The lowest BCUT2D eigenvalue weighted by Gasteiger charge is -1.93. The fourth-order valence-electron chi connectivity index (χ4n) is 0.685. The molecule has 0 unspecified atom stereocenters. The number of nitrogens with zero attached hydrogens (tertiary/aromatic N) is 2. The summed E-state index contributed by atoms with van der Waals surface area (Å²) < 4.78 is 0. The molecule has 1 aromatic heterocycles. The second-order valence-electron chi connectivity index (χ2n) is 2.65. The molecule has 0 radical (unpaired) electrons. The van der Waals surface area contributed by atoms with Gasteiger partial charge in [-0.25, -0.2) is 0 Å². The average Bonchev–Trinajstić information content (AvgIpc) is 2.03. The number of hydrogen-bond donors (Lipinski definition) is 0. The Bertz CT molecular complexity index is 227. The highest BCUT2D eigenvalue weighted by atomic mass is 14.7. The number of pyridine rings is 1. The number of aliphatic imine (C=N–C) groups is 1. The smallest absolute Gasteiger partial charge is 0.0443 e. The Morgan fingerprint density at radius 1 is 1.36 bits per heavy atom. The van der Waals surface area contributed by atoms with E-state index >= 15 is 0 Å². The predicted octanol–water partition coefficient (Wildman–Crippen LogP) is 1.91. The summed E-state index contributed by atoms with van der Waals surface area (Å²) in [6.45, 7) is 4.11. The van der Waals surface area contributed by atoms with Gasteiger partial charge in [0, 0.05) is 24.7 Å². The summed E-state index contributed by atoms with van der Waals surface area (Å²) in [4.78, 5) is 8.15. The molecule has 58 valence electrons. The first kappa shape index (κ1) is 7.92. The van der Waals surface area contributed by atoms with Crippen LogP contribution in [0.3, 0.4) is 0 Å². The van der Waals surface area contributed by atoms with Gasteiger partial charge in [0.25, 0.3) is 0 Å². The molecule has 1 heterocycles. The Kier molecular flexibility index (Phi) is 2.78. The first-order chi connectivity index (χ1) is 5.29. The molecule has 2 heteroatoms. The maximum Gasteiger partial charge on any atom is 0.0443 e. The normalized spacial score (nSPS) is 11.2.